The average molecular weight is 226 g/mol. The summed E-state index contributed by atoms with van der Waals surface area (Å²) in [7, 11) is 0. The van der Waals surface area contributed by atoms with Gasteiger partial charge in [-0.1, -0.05) is 13.8 Å². The summed E-state index contributed by atoms with van der Waals surface area (Å²) in [5.41, 5.74) is 0.894. The van der Waals surface area contributed by atoms with E-state index in [9.17, 15) is 8.78 Å². The second-order valence-electron chi connectivity index (χ2n) is 4.58. The summed E-state index contributed by atoms with van der Waals surface area (Å²) < 4.78 is 26.5. The van der Waals surface area contributed by atoms with E-state index in [0.717, 1.165) is 12.6 Å². The minimum absolute atomic E-state index is 0.379. The van der Waals surface area contributed by atoms with E-state index in [1.54, 1.807) is 0 Å². The van der Waals surface area contributed by atoms with Gasteiger partial charge in [-0.25, -0.2) is 8.78 Å². The quantitative estimate of drug-likeness (QED) is 0.769. The van der Waals surface area contributed by atoms with Crippen molar-refractivity contribution in [3.8, 4) is 0 Å². The van der Waals surface area contributed by atoms with Gasteiger partial charge in [0, 0.05) is 19.2 Å². The molecule has 1 unspecified atom stereocenters. The van der Waals surface area contributed by atoms with Crippen LogP contribution < -0.4 is 10.6 Å². The molecule has 0 bridgehead atoms. The molecule has 0 radical (unpaired) electrons. The highest BCUT2D eigenvalue weighted by Crippen LogP contribution is 2.30. The molecule has 0 aliphatic carbocycles. The lowest BCUT2D eigenvalue weighted by Crippen LogP contribution is -2.23. The second-order valence-corrected chi connectivity index (χ2v) is 4.58. The van der Waals surface area contributed by atoms with Crippen LogP contribution in [0.1, 0.15) is 13.8 Å². The summed E-state index contributed by atoms with van der Waals surface area (Å²) in [6.45, 7) is 5.70. The number of hydrogen-bond donors (Lipinski definition) is 2. The van der Waals surface area contributed by atoms with Crippen molar-refractivity contribution < 1.29 is 8.78 Å². The van der Waals surface area contributed by atoms with Crippen molar-refractivity contribution in [1.29, 1.82) is 0 Å². The molecule has 0 fully saturated rings. The minimum atomic E-state index is -0.548. The number of anilines is 2. The van der Waals surface area contributed by atoms with E-state index in [2.05, 4.69) is 24.5 Å². The van der Waals surface area contributed by atoms with Gasteiger partial charge in [0.05, 0.1) is 11.4 Å². The third-order valence-electron chi connectivity index (χ3n) is 3.09. The van der Waals surface area contributed by atoms with Gasteiger partial charge < -0.3 is 10.6 Å². The number of halogens is 2. The molecule has 0 saturated heterocycles. The smallest absolute Gasteiger partial charge is 0.151 e. The van der Waals surface area contributed by atoms with Crippen molar-refractivity contribution in [2.45, 2.75) is 13.8 Å². The van der Waals surface area contributed by atoms with Gasteiger partial charge in [-0.15, -0.1) is 0 Å². The molecule has 0 spiro atoms. The molecule has 16 heavy (non-hydrogen) atoms. The first kappa shape index (κ1) is 11.2. The van der Waals surface area contributed by atoms with Gasteiger partial charge in [-0.05, 0) is 17.9 Å². The van der Waals surface area contributed by atoms with Crippen LogP contribution in [-0.2, 0) is 0 Å². The molecule has 1 aromatic carbocycles. The van der Waals surface area contributed by atoms with E-state index in [1.807, 2.05) is 0 Å². The fourth-order valence-corrected chi connectivity index (χ4v) is 1.91. The van der Waals surface area contributed by atoms with E-state index >= 15 is 0 Å². The Labute approximate surface area is 94.0 Å². The van der Waals surface area contributed by atoms with Crippen LogP contribution in [0, 0.1) is 23.5 Å². The molecule has 0 amide bonds. The average Bonchev–Trinajstić information content (AvgIpc) is 2.39. The molecule has 88 valence electrons. The summed E-state index contributed by atoms with van der Waals surface area (Å²) in [4.78, 5) is 0. The second kappa shape index (κ2) is 4.28. The lowest BCUT2D eigenvalue weighted by molar-refractivity contribution is 0.425. The lowest BCUT2D eigenvalue weighted by Gasteiger charge is -2.18. The molecule has 2 rings (SSSR count). The molecule has 1 atom stereocenters. The molecule has 0 saturated carbocycles. The van der Waals surface area contributed by atoms with Crippen LogP contribution >= 0.6 is 0 Å². The largest absolute Gasteiger partial charge is 0.383 e. The standard InChI is InChI=1S/C12H16F2N2/c1-7(2)8-5-15-11-4-9(13)3-10(14)12(11)16-6-8/h3-4,7-8,15-16H,5-6H2,1-2H3. The minimum Gasteiger partial charge on any atom is -0.383 e. The maximum atomic E-state index is 13.5. The van der Waals surface area contributed by atoms with Crippen LogP contribution in [0.2, 0.25) is 0 Å². The topological polar surface area (TPSA) is 24.1 Å². The van der Waals surface area contributed by atoms with E-state index < -0.39 is 11.6 Å². The maximum absolute atomic E-state index is 13.5. The van der Waals surface area contributed by atoms with E-state index in [4.69, 9.17) is 0 Å². The predicted molar refractivity (Wildman–Crippen MR) is 61.7 cm³/mol. The molecule has 0 aromatic heterocycles. The van der Waals surface area contributed by atoms with Crippen LogP contribution in [0.4, 0.5) is 20.2 Å². The lowest BCUT2D eigenvalue weighted by atomic mass is 9.96. The van der Waals surface area contributed by atoms with Crippen molar-refractivity contribution in [2.24, 2.45) is 11.8 Å². The van der Waals surface area contributed by atoms with E-state index in [1.165, 1.54) is 6.07 Å². The van der Waals surface area contributed by atoms with Crippen molar-refractivity contribution in [1.82, 2.24) is 0 Å². The summed E-state index contributed by atoms with van der Waals surface area (Å²) in [5.74, 6) is -0.169. The Morgan fingerprint density at radius 2 is 1.88 bits per heavy atom. The molecule has 2 nitrogen and oxygen atoms in total. The Bertz CT molecular complexity index is 391. The van der Waals surface area contributed by atoms with Gasteiger partial charge in [0.25, 0.3) is 0 Å². The summed E-state index contributed by atoms with van der Waals surface area (Å²) in [6, 6.07) is 2.23. The molecular weight excluding hydrogens is 210 g/mol. The number of hydrogen-bond acceptors (Lipinski definition) is 2. The molecule has 1 heterocycles. The predicted octanol–water partition coefficient (Wildman–Crippen LogP) is 3.07. The van der Waals surface area contributed by atoms with Crippen molar-refractivity contribution >= 4 is 11.4 Å². The van der Waals surface area contributed by atoms with Crippen molar-refractivity contribution in [2.75, 3.05) is 23.7 Å². The SMILES string of the molecule is CC(C)C1CNc2cc(F)cc(F)c2NC1. The highest BCUT2D eigenvalue weighted by molar-refractivity contribution is 5.70. The van der Waals surface area contributed by atoms with Gasteiger partial charge >= 0.3 is 0 Å². The highest BCUT2D eigenvalue weighted by Gasteiger charge is 2.20. The van der Waals surface area contributed by atoms with Gasteiger partial charge in [0.2, 0.25) is 0 Å². The molecule has 1 aliphatic rings. The Kier molecular flexibility index (Phi) is 2.99. The number of nitrogens with one attached hydrogen (secondary N) is 2. The first-order valence-electron chi connectivity index (χ1n) is 5.54. The van der Waals surface area contributed by atoms with Gasteiger partial charge in [-0.2, -0.15) is 0 Å². The summed E-state index contributed by atoms with van der Waals surface area (Å²) >= 11 is 0. The Morgan fingerprint density at radius 3 is 2.56 bits per heavy atom. The monoisotopic (exact) mass is 226 g/mol. The molecule has 1 aliphatic heterocycles. The van der Waals surface area contributed by atoms with Crippen molar-refractivity contribution in [3.05, 3.63) is 23.8 Å². The zero-order valence-electron chi connectivity index (χ0n) is 9.48. The van der Waals surface area contributed by atoms with Crippen LogP contribution in [-0.4, -0.2) is 13.1 Å². The number of fused-ring (bicyclic) bond motifs is 1. The van der Waals surface area contributed by atoms with Gasteiger partial charge in [0.1, 0.15) is 5.82 Å². The summed E-state index contributed by atoms with van der Waals surface area (Å²) in [6.07, 6.45) is 0. The molecule has 4 heteroatoms. The number of benzene rings is 1. The van der Waals surface area contributed by atoms with Gasteiger partial charge in [0.15, 0.2) is 5.82 Å². The fourth-order valence-electron chi connectivity index (χ4n) is 1.91. The van der Waals surface area contributed by atoms with Crippen molar-refractivity contribution in [3.63, 3.8) is 0 Å². The first-order valence-corrected chi connectivity index (χ1v) is 5.54. The molecule has 2 N–H and O–H groups in total. The van der Waals surface area contributed by atoms with Crippen LogP contribution in [0.3, 0.4) is 0 Å². The Hall–Kier alpha value is -1.32. The van der Waals surface area contributed by atoms with Crippen LogP contribution in [0.15, 0.2) is 12.1 Å². The van der Waals surface area contributed by atoms with Crippen LogP contribution in [0.25, 0.3) is 0 Å². The van der Waals surface area contributed by atoms with Gasteiger partial charge in [-0.3, -0.25) is 0 Å². The highest BCUT2D eigenvalue weighted by atomic mass is 19.1. The maximum Gasteiger partial charge on any atom is 0.151 e. The van der Waals surface area contributed by atoms with E-state index in [0.29, 0.717) is 29.8 Å². The zero-order valence-corrected chi connectivity index (χ0v) is 9.48. The zero-order chi connectivity index (χ0) is 11.7. The molecule has 1 aromatic rings. The Balaban J connectivity index is 2.27. The normalized spacial score (nSPS) is 19.7. The Morgan fingerprint density at radius 1 is 1.19 bits per heavy atom. The fraction of sp³-hybridized carbons (Fsp3) is 0.500. The molecular formula is C12H16F2N2. The third-order valence-corrected chi connectivity index (χ3v) is 3.09. The summed E-state index contributed by atoms with van der Waals surface area (Å²) in [5, 5.41) is 6.14. The number of rotatable bonds is 1. The first-order chi connectivity index (χ1) is 7.58. The van der Waals surface area contributed by atoms with Crippen LogP contribution in [0.5, 0.6) is 0 Å². The third kappa shape index (κ3) is 2.10. The van der Waals surface area contributed by atoms with E-state index in [-0.39, 0.29) is 0 Å².